The lowest BCUT2D eigenvalue weighted by atomic mass is 9.75. The molecule has 0 aliphatic heterocycles. The minimum atomic E-state index is 0.334. The molecule has 0 amide bonds. The first-order chi connectivity index (χ1) is 9.15. The Labute approximate surface area is 119 Å². The Balaban J connectivity index is 2.40. The lowest BCUT2D eigenvalue weighted by molar-refractivity contribution is 0.0252. The second-order valence-electron chi connectivity index (χ2n) is 6.27. The zero-order chi connectivity index (χ0) is 14.1. The molecule has 0 saturated heterocycles. The van der Waals surface area contributed by atoms with Crippen molar-refractivity contribution in [3.05, 3.63) is 12.2 Å². The predicted molar refractivity (Wildman–Crippen MR) is 82.7 cm³/mol. The molecule has 0 unspecified atom stereocenters. The van der Waals surface area contributed by atoms with Gasteiger partial charge in [0.25, 0.3) is 0 Å². The highest BCUT2D eigenvalue weighted by Gasteiger charge is 2.31. The molecule has 1 aliphatic rings. The molecule has 1 aliphatic carbocycles. The quantitative estimate of drug-likeness (QED) is 0.490. The van der Waals surface area contributed by atoms with Gasteiger partial charge in [-0.15, -0.1) is 0 Å². The molecule has 0 aromatic carbocycles. The van der Waals surface area contributed by atoms with Gasteiger partial charge in [-0.25, -0.2) is 0 Å². The maximum Gasteiger partial charge on any atom is 0.115 e. The molecular formula is C18H30O. The van der Waals surface area contributed by atoms with E-state index in [-0.39, 0.29) is 0 Å². The van der Waals surface area contributed by atoms with Crippen molar-refractivity contribution in [2.45, 2.75) is 72.3 Å². The van der Waals surface area contributed by atoms with Gasteiger partial charge in [0, 0.05) is 0 Å². The molecule has 0 spiro atoms. The summed E-state index contributed by atoms with van der Waals surface area (Å²) in [6, 6.07) is 0. The van der Waals surface area contributed by atoms with Crippen LogP contribution in [0.5, 0.6) is 0 Å². The van der Waals surface area contributed by atoms with Gasteiger partial charge in [0.15, 0.2) is 0 Å². The standard InChI is InChI=1S/C18H30O/c1-5-6-7-8-9-10-13-19-18-14-16(4)11-12-17(18)15(2)3/h8-9,15-18H,5-7,11-12,14H2,1-4H3/b9-8+/t16-,17+,18-/m1/s1. The molecule has 19 heavy (non-hydrogen) atoms. The molecule has 1 heteroatoms. The molecule has 0 N–H and O–H groups in total. The van der Waals surface area contributed by atoms with E-state index in [1.165, 1.54) is 25.7 Å². The van der Waals surface area contributed by atoms with Gasteiger partial charge in [-0.1, -0.05) is 53.0 Å². The van der Waals surface area contributed by atoms with E-state index in [1.807, 2.05) is 6.08 Å². The monoisotopic (exact) mass is 262 g/mol. The molecule has 1 nitrogen and oxygen atoms in total. The van der Waals surface area contributed by atoms with Crippen LogP contribution in [0.15, 0.2) is 12.2 Å². The van der Waals surface area contributed by atoms with Crippen molar-refractivity contribution in [1.82, 2.24) is 0 Å². The fourth-order valence-corrected chi connectivity index (χ4v) is 2.86. The van der Waals surface area contributed by atoms with Crippen LogP contribution in [0.1, 0.15) is 66.2 Å². The maximum atomic E-state index is 5.82. The summed E-state index contributed by atoms with van der Waals surface area (Å²) < 4.78 is 5.82. The Hall–Kier alpha value is -0.900. The van der Waals surface area contributed by atoms with Gasteiger partial charge in [0.1, 0.15) is 12.2 Å². The molecule has 0 radical (unpaired) electrons. The number of hydrogen-bond donors (Lipinski definition) is 0. The predicted octanol–water partition coefficient (Wildman–Crippen LogP) is 5.17. The summed E-state index contributed by atoms with van der Waals surface area (Å²) in [6.07, 6.45) is 14.7. The lowest BCUT2D eigenvalue weighted by Gasteiger charge is -2.35. The van der Waals surface area contributed by atoms with Crippen LogP contribution in [0.3, 0.4) is 0 Å². The van der Waals surface area contributed by atoms with Crippen molar-refractivity contribution in [2.24, 2.45) is 17.8 Å². The SMILES string of the molecule is CCCC/C=C/C#CO[C@@H]1C[C@H](C)CC[C@H]1C(C)C. The highest BCUT2D eigenvalue weighted by molar-refractivity contribution is 5.12. The zero-order valence-electron chi connectivity index (χ0n) is 13.1. The van der Waals surface area contributed by atoms with E-state index in [0.29, 0.717) is 17.9 Å². The van der Waals surface area contributed by atoms with Crippen LogP contribution in [0.4, 0.5) is 0 Å². The third-order valence-electron chi connectivity index (χ3n) is 4.16. The van der Waals surface area contributed by atoms with Crippen LogP contribution in [-0.2, 0) is 4.74 Å². The first-order valence-electron chi connectivity index (χ1n) is 7.96. The van der Waals surface area contributed by atoms with Gasteiger partial charge in [0.05, 0.1) is 0 Å². The molecule has 0 aromatic heterocycles. The van der Waals surface area contributed by atoms with Crippen molar-refractivity contribution in [3.8, 4) is 12.0 Å². The number of hydrogen-bond acceptors (Lipinski definition) is 1. The molecule has 0 aromatic rings. The highest BCUT2D eigenvalue weighted by Crippen LogP contribution is 2.35. The topological polar surface area (TPSA) is 9.23 Å². The Bertz CT molecular complexity index is 318. The molecule has 1 saturated carbocycles. The number of rotatable bonds is 5. The van der Waals surface area contributed by atoms with Crippen molar-refractivity contribution < 1.29 is 4.74 Å². The Morgan fingerprint density at radius 1 is 1.32 bits per heavy atom. The van der Waals surface area contributed by atoms with Crippen LogP contribution in [0.2, 0.25) is 0 Å². The van der Waals surface area contributed by atoms with E-state index >= 15 is 0 Å². The number of ether oxygens (including phenoxy) is 1. The lowest BCUT2D eigenvalue weighted by Crippen LogP contribution is -2.33. The van der Waals surface area contributed by atoms with Crippen LogP contribution < -0.4 is 0 Å². The first kappa shape index (κ1) is 16.2. The van der Waals surface area contributed by atoms with Gasteiger partial charge >= 0.3 is 0 Å². The number of allylic oxidation sites excluding steroid dienone is 2. The van der Waals surface area contributed by atoms with E-state index in [4.69, 9.17) is 4.74 Å². The van der Waals surface area contributed by atoms with Crippen LogP contribution in [0, 0.1) is 29.8 Å². The third kappa shape index (κ3) is 6.19. The van der Waals surface area contributed by atoms with Crippen LogP contribution in [-0.4, -0.2) is 6.10 Å². The van der Waals surface area contributed by atoms with Crippen molar-refractivity contribution in [2.75, 3.05) is 0 Å². The Morgan fingerprint density at radius 3 is 2.79 bits per heavy atom. The number of unbranched alkanes of at least 4 members (excludes halogenated alkanes) is 2. The van der Waals surface area contributed by atoms with Gasteiger partial charge in [0.2, 0.25) is 0 Å². The molecule has 1 rings (SSSR count). The second-order valence-corrected chi connectivity index (χ2v) is 6.27. The van der Waals surface area contributed by atoms with E-state index in [1.54, 1.807) is 0 Å². The normalized spacial score (nSPS) is 27.3. The van der Waals surface area contributed by atoms with Gasteiger partial charge in [-0.3, -0.25) is 0 Å². The summed E-state index contributed by atoms with van der Waals surface area (Å²) >= 11 is 0. The largest absolute Gasteiger partial charge is 0.443 e. The summed E-state index contributed by atoms with van der Waals surface area (Å²) in [5, 5.41) is 0. The van der Waals surface area contributed by atoms with E-state index in [2.05, 4.69) is 45.8 Å². The third-order valence-corrected chi connectivity index (χ3v) is 4.16. The first-order valence-corrected chi connectivity index (χ1v) is 7.96. The summed E-state index contributed by atoms with van der Waals surface area (Å²) in [5.41, 5.74) is 0. The van der Waals surface area contributed by atoms with Crippen molar-refractivity contribution >= 4 is 0 Å². The van der Waals surface area contributed by atoms with E-state index in [0.717, 1.165) is 18.8 Å². The fourth-order valence-electron chi connectivity index (χ4n) is 2.86. The molecule has 1 fully saturated rings. The average molecular weight is 262 g/mol. The minimum absolute atomic E-state index is 0.334. The second kappa shape index (κ2) is 9.08. The van der Waals surface area contributed by atoms with Crippen LogP contribution >= 0.6 is 0 Å². The van der Waals surface area contributed by atoms with Crippen LogP contribution in [0.25, 0.3) is 0 Å². The van der Waals surface area contributed by atoms with E-state index < -0.39 is 0 Å². The Morgan fingerprint density at radius 2 is 2.11 bits per heavy atom. The summed E-state index contributed by atoms with van der Waals surface area (Å²) in [6.45, 7) is 9.13. The Kier molecular flexibility index (Phi) is 7.72. The van der Waals surface area contributed by atoms with Crippen molar-refractivity contribution in [3.63, 3.8) is 0 Å². The van der Waals surface area contributed by atoms with Gasteiger partial charge in [-0.2, -0.15) is 0 Å². The van der Waals surface area contributed by atoms with E-state index in [9.17, 15) is 0 Å². The molecule has 0 bridgehead atoms. The molecular weight excluding hydrogens is 232 g/mol. The zero-order valence-corrected chi connectivity index (χ0v) is 13.1. The van der Waals surface area contributed by atoms with Gasteiger partial charge < -0.3 is 4.74 Å². The summed E-state index contributed by atoms with van der Waals surface area (Å²) in [4.78, 5) is 0. The maximum absolute atomic E-state index is 5.82. The highest BCUT2D eigenvalue weighted by atomic mass is 16.5. The molecule has 108 valence electrons. The smallest absolute Gasteiger partial charge is 0.115 e. The summed E-state index contributed by atoms with van der Waals surface area (Å²) in [5.74, 6) is 5.16. The van der Waals surface area contributed by atoms with Gasteiger partial charge in [-0.05, 0) is 49.0 Å². The molecule has 0 heterocycles. The summed E-state index contributed by atoms with van der Waals surface area (Å²) in [7, 11) is 0. The minimum Gasteiger partial charge on any atom is -0.443 e. The molecule has 3 atom stereocenters. The average Bonchev–Trinajstić information content (AvgIpc) is 2.37. The van der Waals surface area contributed by atoms with Crippen molar-refractivity contribution in [1.29, 1.82) is 0 Å². The fraction of sp³-hybridized carbons (Fsp3) is 0.778.